The van der Waals surface area contributed by atoms with Crippen molar-refractivity contribution in [3.8, 4) is 5.75 Å². The standard InChI is InChI=1S/C26H35ClN4O4/c1-17-14-31(15-18(2)34-17)26(33)25(28)20-8-5-10-22(20)29-13-24(32)30-12-6-7-19(16-30)35-23-11-4-3-9-21(23)27/h3-4,9,11,17-19H,5-8,10,12-16,28H2,1-2H3/t17-,18+,19?. The van der Waals surface area contributed by atoms with Crippen LogP contribution in [0.5, 0.6) is 5.75 Å². The van der Waals surface area contributed by atoms with E-state index in [1.54, 1.807) is 15.9 Å². The fourth-order valence-electron chi connectivity index (χ4n) is 5.08. The molecule has 0 spiro atoms. The maximum absolute atomic E-state index is 13.1. The Bertz CT molecular complexity index is 1000. The van der Waals surface area contributed by atoms with Gasteiger partial charge in [0.15, 0.2) is 0 Å². The average molecular weight is 503 g/mol. The molecule has 2 amide bonds. The van der Waals surface area contributed by atoms with E-state index in [0.717, 1.165) is 37.0 Å². The number of benzene rings is 1. The number of nitrogens with zero attached hydrogens (tertiary/aromatic N) is 3. The van der Waals surface area contributed by atoms with Crippen LogP contribution in [-0.2, 0) is 14.3 Å². The number of rotatable bonds is 5. The number of likely N-dealkylation sites (tertiary alicyclic amines) is 1. The number of para-hydroxylation sites is 1. The quantitative estimate of drug-likeness (QED) is 0.624. The van der Waals surface area contributed by atoms with Gasteiger partial charge in [-0.3, -0.25) is 14.6 Å². The first-order chi connectivity index (χ1) is 16.8. The normalized spacial score (nSPS) is 27.7. The fraction of sp³-hybridized carbons (Fsp3) is 0.577. The van der Waals surface area contributed by atoms with Crippen LogP contribution >= 0.6 is 11.6 Å². The topological polar surface area (TPSA) is 97.5 Å². The van der Waals surface area contributed by atoms with Gasteiger partial charge in [-0.15, -0.1) is 0 Å². The van der Waals surface area contributed by atoms with Crippen molar-refractivity contribution in [3.05, 3.63) is 40.6 Å². The smallest absolute Gasteiger partial charge is 0.270 e. The number of nitrogens with two attached hydrogens (primary N) is 1. The molecule has 9 heteroatoms. The molecule has 1 aliphatic carbocycles. The molecule has 3 aliphatic rings. The van der Waals surface area contributed by atoms with E-state index in [1.807, 2.05) is 32.0 Å². The minimum atomic E-state index is -0.168. The Kier molecular flexibility index (Phi) is 8.34. The van der Waals surface area contributed by atoms with E-state index in [4.69, 9.17) is 26.8 Å². The van der Waals surface area contributed by atoms with Crippen LogP contribution in [0.4, 0.5) is 0 Å². The van der Waals surface area contributed by atoms with Gasteiger partial charge < -0.3 is 25.0 Å². The number of piperidine rings is 1. The number of carbonyl (C=O) groups is 2. The minimum Gasteiger partial charge on any atom is -0.487 e. The molecule has 1 saturated carbocycles. The van der Waals surface area contributed by atoms with E-state index in [0.29, 0.717) is 43.4 Å². The van der Waals surface area contributed by atoms with Gasteiger partial charge in [-0.25, -0.2) is 0 Å². The van der Waals surface area contributed by atoms with E-state index >= 15 is 0 Å². The highest BCUT2D eigenvalue weighted by Gasteiger charge is 2.30. The van der Waals surface area contributed by atoms with Gasteiger partial charge in [0.1, 0.15) is 24.1 Å². The molecule has 4 rings (SSSR count). The van der Waals surface area contributed by atoms with E-state index in [9.17, 15) is 9.59 Å². The molecule has 2 saturated heterocycles. The number of aliphatic imine (C=N–C) groups is 1. The number of carbonyl (C=O) groups excluding carboxylic acids is 2. The zero-order valence-electron chi connectivity index (χ0n) is 20.5. The van der Waals surface area contributed by atoms with Gasteiger partial charge in [0.2, 0.25) is 5.91 Å². The Morgan fingerprint density at radius 3 is 2.60 bits per heavy atom. The summed E-state index contributed by atoms with van der Waals surface area (Å²) in [5.41, 5.74) is 8.15. The van der Waals surface area contributed by atoms with Crippen LogP contribution in [0.1, 0.15) is 46.0 Å². The number of hydrogen-bond donors (Lipinski definition) is 1. The summed E-state index contributed by atoms with van der Waals surface area (Å²) >= 11 is 6.22. The van der Waals surface area contributed by atoms with Gasteiger partial charge in [-0.05, 0) is 58.1 Å². The van der Waals surface area contributed by atoms with Crippen molar-refractivity contribution in [2.75, 3.05) is 32.7 Å². The van der Waals surface area contributed by atoms with Gasteiger partial charge in [0.25, 0.3) is 5.91 Å². The van der Waals surface area contributed by atoms with Crippen molar-refractivity contribution in [2.45, 2.75) is 64.3 Å². The Morgan fingerprint density at radius 1 is 1.11 bits per heavy atom. The zero-order valence-corrected chi connectivity index (χ0v) is 21.3. The Morgan fingerprint density at radius 2 is 1.86 bits per heavy atom. The largest absolute Gasteiger partial charge is 0.487 e. The number of morpholine rings is 1. The van der Waals surface area contributed by atoms with Crippen molar-refractivity contribution >= 4 is 29.1 Å². The molecule has 0 radical (unpaired) electrons. The van der Waals surface area contributed by atoms with Gasteiger partial charge in [-0.1, -0.05) is 23.7 Å². The number of allylic oxidation sites excluding steroid dienone is 1. The summed E-state index contributed by atoms with van der Waals surface area (Å²) in [5.74, 6) is 0.425. The van der Waals surface area contributed by atoms with Crippen LogP contribution in [0.2, 0.25) is 5.02 Å². The molecule has 3 fully saturated rings. The molecule has 8 nitrogen and oxygen atoms in total. The maximum Gasteiger partial charge on any atom is 0.270 e. The molecule has 0 aromatic heterocycles. The molecule has 2 heterocycles. The monoisotopic (exact) mass is 502 g/mol. The lowest BCUT2D eigenvalue weighted by Gasteiger charge is -2.35. The van der Waals surface area contributed by atoms with Crippen LogP contribution < -0.4 is 10.5 Å². The molecule has 1 aromatic rings. The number of hydrogen-bond acceptors (Lipinski definition) is 6. The molecular formula is C26H35ClN4O4. The zero-order chi connectivity index (χ0) is 24.9. The van der Waals surface area contributed by atoms with Crippen LogP contribution in [0.25, 0.3) is 0 Å². The van der Waals surface area contributed by atoms with Crippen LogP contribution in [0.15, 0.2) is 40.5 Å². The first kappa shape index (κ1) is 25.5. The lowest BCUT2D eigenvalue weighted by molar-refractivity contribution is -0.139. The second-order valence-corrected chi connectivity index (χ2v) is 10.0. The Hall–Kier alpha value is -2.58. The van der Waals surface area contributed by atoms with E-state index in [2.05, 4.69) is 4.99 Å². The van der Waals surface area contributed by atoms with Gasteiger partial charge >= 0.3 is 0 Å². The second kappa shape index (κ2) is 11.4. The molecule has 3 atom stereocenters. The lowest BCUT2D eigenvalue weighted by atomic mass is 10.1. The average Bonchev–Trinajstić information content (AvgIpc) is 3.31. The highest BCUT2D eigenvalue weighted by molar-refractivity contribution is 6.32. The first-order valence-corrected chi connectivity index (χ1v) is 12.9. The fourth-order valence-corrected chi connectivity index (χ4v) is 5.26. The molecule has 35 heavy (non-hydrogen) atoms. The summed E-state index contributed by atoms with van der Waals surface area (Å²) in [5, 5.41) is 0.566. The summed E-state index contributed by atoms with van der Waals surface area (Å²) in [6.07, 6.45) is 3.89. The third-order valence-electron chi connectivity index (χ3n) is 6.72. The highest BCUT2D eigenvalue weighted by atomic mass is 35.5. The van der Waals surface area contributed by atoms with Crippen LogP contribution in [-0.4, -0.2) is 78.4 Å². The molecular weight excluding hydrogens is 468 g/mol. The third kappa shape index (κ3) is 6.35. The van der Waals surface area contributed by atoms with Crippen molar-refractivity contribution in [3.63, 3.8) is 0 Å². The minimum absolute atomic E-state index is 0.0231. The maximum atomic E-state index is 13.1. The van der Waals surface area contributed by atoms with Crippen molar-refractivity contribution < 1.29 is 19.1 Å². The number of amides is 2. The highest BCUT2D eigenvalue weighted by Crippen LogP contribution is 2.27. The van der Waals surface area contributed by atoms with Gasteiger partial charge in [-0.2, -0.15) is 0 Å². The predicted octanol–water partition coefficient (Wildman–Crippen LogP) is 3.18. The summed E-state index contributed by atoms with van der Waals surface area (Å²) in [7, 11) is 0. The predicted molar refractivity (Wildman–Crippen MR) is 136 cm³/mol. The third-order valence-corrected chi connectivity index (χ3v) is 7.03. The van der Waals surface area contributed by atoms with E-state index in [1.165, 1.54) is 0 Å². The second-order valence-electron chi connectivity index (χ2n) is 9.63. The molecule has 2 N–H and O–H groups in total. The van der Waals surface area contributed by atoms with Crippen molar-refractivity contribution in [1.29, 1.82) is 0 Å². The summed E-state index contributed by atoms with van der Waals surface area (Å²) < 4.78 is 11.8. The van der Waals surface area contributed by atoms with Crippen LogP contribution in [0, 0.1) is 0 Å². The Balaban J connectivity index is 1.37. The van der Waals surface area contributed by atoms with Gasteiger partial charge in [0, 0.05) is 30.9 Å². The van der Waals surface area contributed by atoms with Crippen molar-refractivity contribution in [1.82, 2.24) is 9.80 Å². The number of ether oxygens (including phenoxy) is 2. The summed E-state index contributed by atoms with van der Waals surface area (Å²) in [6.45, 7) is 6.19. The Labute approximate surface area is 212 Å². The van der Waals surface area contributed by atoms with E-state index in [-0.39, 0.29) is 42.4 Å². The van der Waals surface area contributed by atoms with Gasteiger partial charge in [0.05, 0.1) is 23.8 Å². The molecule has 1 unspecified atom stereocenters. The summed E-state index contributed by atoms with van der Waals surface area (Å²) in [4.78, 5) is 34.2. The molecule has 2 aliphatic heterocycles. The molecule has 1 aromatic carbocycles. The lowest BCUT2D eigenvalue weighted by Crippen LogP contribution is -2.49. The van der Waals surface area contributed by atoms with Crippen molar-refractivity contribution in [2.24, 2.45) is 10.7 Å². The number of halogens is 1. The SMILES string of the molecule is C[C@@H]1CN(C(=O)C(N)=C2CCCC2=NCC(=O)N2CCCC(Oc3ccccc3Cl)C2)C[C@H](C)O1. The summed E-state index contributed by atoms with van der Waals surface area (Å²) in [6, 6.07) is 7.38. The van der Waals surface area contributed by atoms with Crippen LogP contribution in [0.3, 0.4) is 0 Å². The first-order valence-electron chi connectivity index (χ1n) is 12.5. The molecule has 190 valence electrons. The molecule has 0 bridgehead atoms. The van der Waals surface area contributed by atoms with E-state index < -0.39 is 0 Å².